The largest absolute Gasteiger partial charge is 0.452 e. The van der Waals surface area contributed by atoms with Gasteiger partial charge in [-0.05, 0) is 25.0 Å². The lowest BCUT2D eigenvalue weighted by Crippen LogP contribution is -2.32. The Morgan fingerprint density at radius 1 is 1.19 bits per heavy atom. The van der Waals surface area contributed by atoms with E-state index in [1.54, 1.807) is 36.3 Å². The van der Waals surface area contributed by atoms with Gasteiger partial charge in [0.15, 0.2) is 6.61 Å². The Morgan fingerprint density at radius 3 is 2.65 bits per heavy atom. The van der Waals surface area contributed by atoms with Gasteiger partial charge in [-0.1, -0.05) is 12.1 Å². The first kappa shape index (κ1) is 20.3. The second-order valence-electron chi connectivity index (χ2n) is 5.79. The van der Waals surface area contributed by atoms with Gasteiger partial charge in [0.05, 0.1) is 17.9 Å². The van der Waals surface area contributed by atoms with Crippen LogP contribution in [0.2, 0.25) is 0 Å². The lowest BCUT2D eigenvalue weighted by Gasteiger charge is -2.15. The summed E-state index contributed by atoms with van der Waals surface area (Å²) in [5.74, 6) is -0.681. The minimum absolute atomic E-state index is 0.139. The molecule has 1 saturated heterocycles. The van der Waals surface area contributed by atoms with Crippen molar-refractivity contribution in [3.63, 3.8) is 0 Å². The van der Waals surface area contributed by atoms with Crippen molar-refractivity contribution < 1.29 is 23.9 Å². The number of carbonyl (C=O) groups excluding carboxylic acids is 3. The Labute approximate surface area is 157 Å². The maximum absolute atomic E-state index is 12.3. The summed E-state index contributed by atoms with van der Waals surface area (Å²) in [5, 5.41) is 2.72. The zero-order chi connectivity index (χ0) is 18.8. The predicted octanol–water partition coefficient (Wildman–Crippen LogP) is 1.32. The molecule has 1 aliphatic rings. The molecule has 1 aromatic rings. The average molecular weight is 380 g/mol. The summed E-state index contributed by atoms with van der Waals surface area (Å²) >= 11 is 1.25. The second-order valence-corrected chi connectivity index (χ2v) is 6.81. The van der Waals surface area contributed by atoms with E-state index >= 15 is 0 Å². The molecule has 7 nitrogen and oxygen atoms in total. The molecule has 1 fully saturated rings. The number of esters is 1. The number of hydrogen-bond acceptors (Lipinski definition) is 6. The van der Waals surface area contributed by atoms with Crippen LogP contribution in [0, 0.1) is 0 Å². The highest BCUT2D eigenvalue weighted by Crippen LogP contribution is 2.23. The highest BCUT2D eigenvalue weighted by molar-refractivity contribution is 8.00. The van der Waals surface area contributed by atoms with Crippen molar-refractivity contribution in [3.8, 4) is 0 Å². The van der Waals surface area contributed by atoms with Crippen molar-refractivity contribution in [1.29, 1.82) is 0 Å². The smallest absolute Gasteiger partial charge is 0.339 e. The number of ether oxygens (including phenoxy) is 2. The third kappa shape index (κ3) is 6.34. The van der Waals surface area contributed by atoms with Crippen molar-refractivity contribution in [2.75, 3.05) is 45.7 Å². The number of nitrogens with zero attached hydrogens (tertiary/aromatic N) is 1. The molecule has 2 amide bonds. The molecule has 0 spiro atoms. The monoisotopic (exact) mass is 380 g/mol. The second kappa shape index (κ2) is 10.8. The van der Waals surface area contributed by atoms with E-state index in [-0.39, 0.29) is 24.2 Å². The highest BCUT2D eigenvalue weighted by Gasteiger charge is 2.20. The van der Waals surface area contributed by atoms with Gasteiger partial charge >= 0.3 is 5.97 Å². The fourth-order valence-electron chi connectivity index (χ4n) is 2.51. The van der Waals surface area contributed by atoms with E-state index in [1.165, 1.54) is 11.8 Å². The lowest BCUT2D eigenvalue weighted by atomic mass is 10.2. The molecule has 0 radical (unpaired) electrons. The minimum Gasteiger partial charge on any atom is -0.452 e. The Kier molecular flexibility index (Phi) is 8.43. The third-order valence-electron chi connectivity index (χ3n) is 3.88. The van der Waals surface area contributed by atoms with Gasteiger partial charge in [-0.15, -0.1) is 11.8 Å². The summed E-state index contributed by atoms with van der Waals surface area (Å²) in [4.78, 5) is 38.4. The van der Waals surface area contributed by atoms with Crippen LogP contribution in [-0.2, 0) is 19.1 Å². The van der Waals surface area contributed by atoms with Crippen molar-refractivity contribution in [2.45, 2.75) is 17.7 Å². The maximum Gasteiger partial charge on any atom is 0.339 e. The normalized spacial score (nSPS) is 13.5. The SMILES string of the molecule is COCCNC(=O)CSc1ccccc1C(=O)OCC(=O)N1CCCC1. The number of nitrogens with one attached hydrogen (secondary N) is 1. The molecular weight excluding hydrogens is 356 g/mol. The van der Waals surface area contributed by atoms with Crippen LogP contribution in [0.15, 0.2) is 29.2 Å². The lowest BCUT2D eigenvalue weighted by molar-refractivity contribution is -0.133. The van der Waals surface area contributed by atoms with Gasteiger partial charge in [0.1, 0.15) is 0 Å². The number of benzene rings is 1. The number of likely N-dealkylation sites (tertiary alicyclic amines) is 1. The molecule has 1 aromatic carbocycles. The van der Waals surface area contributed by atoms with Gasteiger partial charge in [-0.2, -0.15) is 0 Å². The summed E-state index contributed by atoms with van der Waals surface area (Å²) < 4.78 is 10.0. The van der Waals surface area contributed by atoms with E-state index in [4.69, 9.17) is 9.47 Å². The molecular formula is C18H24N2O5S. The van der Waals surface area contributed by atoms with E-state index < -0.39 is 5.97 Å². The molecule has 1 aliphatic heterocycles. The van der Waals surface area contributed by atoms with Crippen molar-refractivity contribution >= 4 is 29.5 Å². The molecule has 0 saturated carbocycles. The third-order valence-corrected chi connectivity index (χ3v) is 4.95. The number of rotatable bonds is 9. The molecule has 8 heteroatoms. The zero-order valence-electron chi connectivity index (χ0n) is 14.9. The molecule has 0 atom stereocenters. The van der Waals surface area contributed by atoms with Crippen LogP contribution >= 0.6 is 11.8 Å². The summed E-state index contributed by atoms with van der Waals surface area (Å²) in [5.41, 5.74) is 0.358. The number of hydrogen-bond donors (Lipinski definition) is 1. The summed E-state index contributed by atoms with van der Waals surface area (Å²) in [6.07, 6.45) is 1.98. The highest BCUT2D eigenvalue weighted by atomic mass is 32.2. The van der Waals surface area contributed by atoms with Crippen LogP contribution in [0.5, 0.6) is 0 Å². The van der Waals surface area contributed by atoms with Gasteiger partial charge in [-0.3, -0.25) is 9.59 Å². The van der Waals surface area contributed by atoms with E-state index in [0.717, 1.165) is 25.9 Å². The molecule has 142 valence electrons. The Balaban J connectivity index is 1.85. The van der Waals surface area contributed by atoms with Crippen molar-refractivity contribution in [1.82, 2.24) is 10.2 Å². The quantitative estimate of drug-likeness (QED) is 0.395. The van der Waals surface area contributed by atoms with Gasteiger partial charge in [0.2, 0.25) is 5.91 Å². The molecule has 1 heterocycles. The van der Waals surface area contributed by atoms with E-state index in [1.807, 2.05) is 0 Å². The molecule has 0 aliphatic carbocycles. The average Bonchev–Trinajstić information content (AvgIpc) is 3.19. The molecule has 26 heavy (non-hydrogen) atoms. The first-order valence-corrected chi connectivity index (χ1v) is 9.52. The van der Waals surface area contributed by atoms with E-state index in [0.29, 0.717) is 23.6 Å². The topological polar surface area (TPSA) is 84.9 Å². The number of thioether (sulfide) groups is 1. The zero-order valence-corrected chi connectivity index (χ0v) is 15.7. The number of amides is 2. The van der Waals surface area contributed by atoms with Crippen LogP contribution in [0.3, 0.4) is 0 Å². The van der Waals surface area contributed by atoms with Gasteiger partial charge in [-0.25, -0.2) is 4.79 Å². The van der Waals surface area contributed by atoms with Gasteiger partial charge in [0, 0.05) is 31.6 Å². The predicted molar refractivity (Wildman–Crippen MR) is 98.1 cm³/mol. The molecule has 1 N–H and O–H groups in total. The molecule has 0 unspecified atom stereocenters. The Morgan fingerprint density at radius 2 is 1.92 bits per heavy atom. The molecule has 2 rings (SSSR count). The van der Waals surface area contributed by atoms with Crippen LogP contribution in [0.1, 0.15) is 23.2 Å². The molecule has 0 bridgehead atoms. The fourth-order valence-corrected chi connectivity index (χ4v) is 3.38. The fraction of sp³-hybridized carbons (Fsp3) is 0.500. The molecule has 0 aromatic heterocycles. The van der Waals surface area contributed by atoms with E-state index in [9.17, 15) is 14.4 Å². The van der Waals surface area contributed by atoms with Crippen molar-refractivity contribution in [2.24, 2.45) is 0 Å². The standard InChI is InChI=1S/C18H24N2O5S/c1-24-11-8-19-16(21)13-26-15-7-3-2-6-14(15)18(23)25-12-17(22)20-9-4-5-10-20/h2-3,6-7H,4-5,8-13H2,1H3,(H,19,21). The number of methoxy groups -OCH3 is 1. The van der Waals surface area contributed by atoms with Crippen LogP contribution in [0.25, 0.3) is 0 Å². The van der Waals surface area contributed by atoms with Crippen LogP contribution in [0.4, 0.5) is 0 Å². The summed E-state index contributed by atoms with van der Waals surface area (Å²) in [6.45, 7) is 2.08. The minimum atomic E-state index is -0.555. The van der Waals surface area contributed by atoms with Gasteiger partial charge < -0.3 is 19.7 Å². The van der Waals surface area contributed by atoms with E-state index in [2.05, 4.69) is 5.32 Å². The van der Waals surface area contributed by atoms with Gasteiger partial charge in [0.25, 0.3) is 5.91 Å². The Bertz CT molecular complexity index is 632. The maximum atomic E-state index is 12.3. The first-order valence-electron chi connectivity index (χ1n) is 8.54. The summed E-state index contributed by atoms with van der Waals surface area (Å²) in [6, 6.07) is 6.90. The first-order chi connectivity index (χ1) is 12.6. The van der Waals surface area contributed by atoms with Crippen molar-refractivity contribution in [3.05, 3.63) is 29.8 Å². The summed E-state index contributed by atoms with van der Waals surface area (Å²) in [7, 11) is 1.57. The van der Waals surface area contributed by atoms with Crippen LogP contribution < -0.4 is 5.32 Å². The number of carbonyl (C=O) groups is 3. The Hall–Kier alpha value is -2.06. The van der Waals surface area contributed by atoms with Crippen LogP contribution in [-0.4, -0.2) is 68.4 Å².